The first kappa shape index (κ1) is 15.0. The Bertz CT molecular complexity index is 376. The molecule has 0 radical (unpaired) electrons. The lowest BCUT2D eigenvalue weighted by molar-refractivity contribution is -0.131. The van der Waals surface area contributed by atoms with Crippen LogP contribution in [-0.4, -0.2) is 35.6 Å². The van der Waals surface area contributed by atoms with Crippen molar-refractivity contribution >= 4 is 17.5 Å². The summed E-state index contributed by atoms with van der Waals surface area (Å²) in [6, 6.07) is 7.57. The molecule has 1 aromatic rings. The van der Waals surface area contributed by atoms with E-state index in [2.05, 4.69) is 0 Å². The number of aliphatic hydroxyl groups excluding tert-OH is 1. The molecule has 0 saturated heterocycles. The van der Waals surface area contributed by atoms with Gasteiger partial charge in [-0.3, -0.25) is 4.79 Å². The molecule has 0 saturated carbocycles. The molecule has 0 aromatic heterocycles. The summed E-state index contributed by atoms with van der Waals surface area (Å²) in [7, 11) is 0. The van der Waals surface area contributed by atoms with E-state index in [9.17, 15) is 4.79 Å². The number of hydrogen-bond acceptors (Lipinski definition) is 2. The van der Waals surface area contributed by atoms with E-state index in [1.165, 1.54) is 0 Å². The maximum atomic E-state index is 12.0. The van der Waals surface area contributed by atoms with Gasteiger partial charge in [-0.15, -0.1) is 0 Å². The number of nitrogens with zero attached hydrogens (tertiary/aromatic N) is 1. The summed E-state index contributed by atoms with van der Waals surface area (Å²) < 4.78 is 0. The fourth-order valence-corrected chi connectivity index (χ4v) is 2.08. The molecule has 1 rings (SSSR count). The summed E-state index contributed by atoms with van der Waals surface area (Å²) in [5.41, 5.74) is 0.993. The molecule has 100 valence electrons. The average Bonchev–Trinajstić information content (AvgIpc) is 2.37. The van der Waals surface area contributed by atoms with Gasteiger partial charge >= 0.3 is 0 Å². The van der Waals surface area contributed by atoms with Gasteiger partial charge in [-0.1, -0.05) is 36.7 Å². The van der Waals surface area contributed by atoms with Crippen LogP contribution in [0.1, 0.15) is 25.3 Å². The molecule has 0 bridgehead atoms. The minimum Gasteiger partial charge on any atom is -0.395 e. The zero-order chi connectivity index (χ0) is 13.4. The minimum atomic E-state index is 0.0117. The molecule has 1 aromatic carbocycles. The van der Waals surface area contributed by atoms with Crippen molar-refractivity contribution in [3.05, 3.63) is 34.9 Å². The highest BCUT2D eigenvalue weighted by molar-refractivity contribution is 6.31. The van der Waals surface area contributed by atoms with Crippen molar-refractivity contribution < 1.29 is 9.90 Å². The Hall–Kier alpha value is -1.06. The first-order valence-corrected chi connectivity index (χ1v) is 6.68. The Morgan fingerprint density at radius 1 is 1.33 bits per heavy atom. The predicted molar refractivity (Wildman–Crippen MR) is 73.7 cm³/mol. The molecule has 18 heavy (non-hydrogen) atoms. The zero-order valence-corrected chi connectivity index (χ0v) is 11.5. The van der Waals surface area contributed by atoms with Gasteiger partial charge in [0.25, 0.3) is 0 Å². The van der Waals surface area contributed by atoms with Crippen molar-refractivity contribution in [3.8, 4) is 0 Å². The van der Waals surface area contributed by atoms with Crippen LogP contribution in [0.25, 0.3) is 0 Å². The van der Waals surface area contributed by atoms with Crippen LogP contribution in [0.5, 0.6) is 0 Å². The van der Waals surface area contributed by atoms with Crippen molar-refractivity contribution in [2.24, 2.45) is 0 Å². The average molecular weight is 270 g/mol. The molecular formula is C14H20ClNO2. The van der Waals surface area contributed by atoms with Crippen LogP contribution in [0.4, 0.5) is 0 Å². The standard InChI is InChI=1S/C14H20ClNO2/c1-2-9-16(10-11-17)14(18)8-7-12-5-3-4-6-13(12)15/h3-6,17H,2,7-11H2,1H3. The Morgan fingerprint density at radius 3 is 2.67 bits per heavy atom. The predicted octanol–water partition coefficient (Wildman–Crippen LogP) is 2.50. The smallest absolute Gasteiger partial charge is 0.222 e. The van der Waals surface area contributed by atoms with Gasteiger partial charge in [0, 0.05) is 24.5 Å². The lowest BCUT2D eigenvalue weighted by Crippen LogP contribution is -2.34. The topological polar surface area (TPSA) is 40.5 Å². The van der Waals surface area contributed by atoms with E-state index in [0.29, 0.717) is 31.0 Å². The van der Waals surface area contributed by atoms with Gasteiger partial charge in [-0.2, -0.15) is 0 Å². The van der Waals surface area contributed by atoms with E-state index in [4.69, 9.17) is 16.7 Å². The summed E-state index contributed by atoms with van der Waals surface area (Å²) in [6.45, 7) is 3.14. The number of benzene rings is 1. The van der Waals surface area contributed by atoms with Gasteiger partial charge in [-0.25, -0.2) is 0 Å². The van der Waals surface area contributed by atoms with Gasteiger partial charge in [0.05, 0.1) is 6.61 Å². The van der Waals surface area contributed by atoms with Crippen molar-refractivity contribution in [1.29, 1.82) is 0 Å². The van der Waals surface area contributed by atoms with Crippen molar-refractivity contribution in [3.63, 3.8) is 0 Å². The molecule has 0 unspecified atom stereocenters. The molecule has 3 nitrogen and oxygen atoms in total. The van der Waals surface area contributed by atoms with Crippen LogP contribution in [0.2, 0.25) is 5.02 Å². The first-order chi connectivity index (χ1) is 8.69. The van der Waals surface area contributed by atoms with Crippen LogP contribution < -0.4 is 0 Å². The number of rotatable bonds is 7. The third kappa shape index (κ3) is 4.67. The van der Waals surface area contributed by atoms with E-state index in [1.807, 2.05) is 31.2 Å². The van der Waals surface area contributed by atoms with E-state index in [1.54, 1.807) is 4.90 Å². The Balaban J connectivity index is 2.51. The Morgan fingerprint density at radius 2 is 2.06 bits per heavy atom. The highest BCUT2D eigenvalue weighted by Crippen LogP contribution is 2.16. The number of aryl methyl sites for hydroxylation is 1. The molecule has 4 heteroatoms. The van der Waals surface area contributed by atoms with E-state index in [-0.39, 0.29) is 12.5 Å². The minimum absolute atomic E-state index is 0.0117. The van der Waals surface area contributed by atoms with E-state index in [0.717, 1.165) is 12.0 Å². The normalized spacial score (nSPS) is 10.4. The third-order valence-electron chi connectivity index (χ3n) is 2.78. The highest BCUT2D eigenvalue weighted by Gasteiger charge is 2.12. The van der Waals surface area contributed by atoms with Crippen molar-refractivity contribution in [1.82, 2.24) is 4.90 Å². The Kier molecular flexibility index (Phi) is 6.76. The lowest BCUT2D eigenvalue weighted by atomic mass is 10.1. The second-order valence-electron chi connectivity index (χ2n) is 4.20. The summed E-state index contributed by atoms with van der Waals surface area (Å²) in [6.07, 6.45) is 1.98. The van der Waals surface area contributed by atoms with Gasteiger partial charge in [-0.05, 0) is 24.5 Å². The molecule has 0 aliphatic carbocycles. The molecule has 0 atom stereocenters. The summed E-state index contributed by atoms with van der Waals surface area (Å²) in [5, 5.41) is 9.63. The van der Waals surface area contributed by atoms with Crippen molar-refractivity contribution in [2.45, 2.75) is 26.2 Å². The van der Waals surface area contributed by atoms with Crippen LogP contribution in [-0.2, 0) is 11.2 Å². The second kappa shape index (κ2) is 8.11. The SMILES string of the molecule is CCCN(CCO)C(=O)CCc1ccccc1Cl. The number of hydrogen-bond donors (Lipinski definition) is 1. The van der Waals surface area contributed by atoms with E-state index >= 15 is 0 Å². The monoisotopic (exact) mass is 269 g/mol. The van der Waals surface area contributed by atoms with Gasteiger partial charge in [0.15, 0.2) is 0 Å². The fraction of sp³-hybridized carbons (Fsp3) is 0.500. The number of carbonyl (C=O) groups is 1. The molecule has 1 amide bonds. The Labute approximate surface area is 113 Å². The summed E-state index contributed by atoms with van der Waals surface area (Å²) >= 11 is 6.04. The summed E-state index contributed by atoms with van der Waals surface area (Å²) in [5.74, 6) is 0.0748. The maximum absolute atomic E-state index is 12.0. The number of amides is 1. The number of halogens is 1. The fourth-order valence-electron chi connectivity index (χ4n) is 1.85. The molecule has 1 N–H and O–H groups in total. The third-order valence-corrected chi connectivity index (χ3v) is 3.15. The van der Waals surface area contributed by atoms with Crippen LogP contribution in [0.3, 0.4) is 0 Å². The van der Waals surface area contributed by atoms with E-state index < -0.39 is 0 Å². The number of aliphatic hydroxyl groups is 1. The molecule has 0 heterocycles. The largest absolute Gasteiger partial charge is 0.395 e. The maximum Gasteiger partial charge on any atom is 0.222 e. The number of carbonyl (C=O) groups excluding carboxylic acids is 1. The molecule has 0 fully saturated rings. The van der Waals surface area contributed by atoms with Crippen LogP contribution >= 0.6 is 11.6 Å². The van der Waals surface area contributed by atoms with Gasteiger partial charge in [0.1, 0.15) is 0 Å². The summed E-state index contributed by atoms with van der Waals surface area (Å²) in [4.78, 5) is 13.7. The van der Waals surface area contributed by atoms with Crippen LogP contribution in [0, 0.1) is 0 Å². The van der Waals surface area contributed by atoms with Crippen molar-refractivity contribution in [2.75, 3.05) is 19.7 Å². The van der Waals surface area contributed by atoms with Gasteiger partial charge < -0.3 is 10.0 Å². The quantitative estimate of drug-likeness (QED) is 0.826. The lowest BCUT2D eigenvalue weighted by Gasteiger charge is -2.21. The molecule has 0 aliphatic rings. The second-order valence-corrected chi connectivity index (χ2v) is 4.60. The van der Waals surface area contributed by atoms with Gasteiger partial charge in [0.2, 0.25) is 5.91 Å². The molecular weight excluding hydrogens is 250 g/mol. The first-order valence-electron chi connectivity index (χ1n) is 6.31. The molecule has 0 aliphatic heterocycles. The highest BCUT2D eigenvalue weighted by atomic mass is 35.5. The zero-order valence-electron chi connectivity index (χ0n) is 10.7. The molecule has 0 spiro atoms. The van der Waals surface area contributed by atoms with Crippen LogP contribution in [0.15, 0.2) is 24.3 Å².